The number of benzene rings is 1. The molecule has 3 rings (SSSR count). The Labute approximate surface area is 143 Å². The van der Waals surface area contributed by atoms with Gasteiger partial charge in [0, 0.05) is 13.1 Å². The Morgan fingerprint density at radius 3 is 2.58 bits per heavy atom. The number of anilines is 1. The Bertz CT molecular complexity index is 984. The summed E-state index contributed by atoms with van der Waals surface area (Å²) in [7, 11) is -3.69. The van der Waals surface area contributed by atoms with Gasteiger partial charge in [0.2, 0.25) is 15.3 Å². The molecular formula is C14H15ClN6O2S. The van der Waals surface area contributed by atoms with Gasteiger partial charge in [-0.2, -0.15) is 15.1 Å². The number of fused-ring (bicyclic) bond motifs is 1. The summed E-state index contributed by atoms with van der Waals surface area (Å²) in [5, 5.41) is 13.4. The van der Waals surface area contributed by atoms with Crippen molar-refractivity contribution in [1.29, 1.82) is 0 Å². The van der Waals surface area contributed by atoms with Gasteiger partial charge in [-0.3, -0.25) is 0 Å². The number of halogens is 1. The predicted octanol–water partition coefficient (Wildman–Crippen LogP) is 1.76. The van der Waals surface area contributed by atoms with Crippen LogP contribution < -0.4 is 10.5 Å². The first-order chi connectivity index (χ1) is 11.4. The lowest BCUT2D eigenvalue weighted by molar-refractivity contribution is 0.598. The Kier molecular flexibility index (Phi) is 4.39. The lowest BCUT2D eigenvalue weighted by Gasteiger charge is -2.08. The van der Waals surface area contributed by atoms with Crippen LogP contribution in [-0.4, -0.2) is 28.2 Å². The number of nitrogens with zero attached hydrogens (tertiary/aromatic N) is 4. The molecular weight excluding hydrogens is 352 g/mol. The maximum atomic E-state index is 11.3. The second-order valence-electron chi connectivity index (χ2n) is 5.08. The monoisotopic (exact) mass is 366 g/mol. The molecule has 3 aromatic rings. The van der Waals surface area contributed by atoms with E-state index in [2.05, 4.69) is 20.4 Å². The van der Waals surface area contributed by atoms with Crippen LogP contribution in [0.5, 0.6) is 0 Å². The molecule has 0 saturated carbocycles. The first-order valence-electron chi connectivity index (χ1n) is 7.13. The molecule has 2 aromatic heterocycles. The van der Waals surface area contributed by atoms with Crippen molar-refractivity contribution < 1.29 is 8.42 Å². The zero-order valence-electron chi connectivity index (χ0n) is 12.8. The summed E-state index contributed by atoms with van der Waals surface area (Å²) in [5.41, 5.74) is 1.53. The number of hydrogen-bond acceptors (Lipinski definition) is 6. The zero-order chi connectivity index (χ0) is 17.3. The minimum absolute atomic E-state index is 0.0722. The zero-order valence-corrected chi connectivity index (χ0v) is 14.3. The van der Waals surface area contributed by atoms with Crippen molar-refractivity contribution >= 4 is 38.5 Å². The van der Waals surface area contributed by atoms with Gasteiger partial charge in [0.25, 0.3) is 0 Å². The lowest BCUT2D eigenvalue weighted by atomic mass is 10.2. The van der Waals surface area contributed by atoms with E-state index < -0.39 is 10.0 Å². The molecule has 1 aromatic carbocycles. The van der Waals surface area contributed by atoms with Crippen LogP contribution in [0.1, 0.15) is 12.5 Å². The van der Waals surface area contributed by atoms with E-state index in [0.717, 1.165) is 10.9 Å². The standard InChI is InChI=1S/C14H15ClN6O2S/c1-2-21-13-11(8-18-21)12(19-14(15)20-13)17-7-9-3-5-10(6-4-9)24(16,22)23/h3-6,8H,2,7H2,1H3,(H2,16,22,23)(H,17,19,20). The van der Waals surface area contributed by atoms with E-state index in [1.807, 2.05) is 6.92 Å². The van der Waals surface area contributed by atoms with E-state index in [9.17, 15) is 8.42 Å². The van der Waals surface area contributed by atoms with Gasteiger partial charge in [-0.05, 0) is 36.2 Å². The SMILES string of the molecule is CCn1ncc2c(NCc3ccc(S(N)(=O)=O)cc3)nc(Cl)nc21. The van der Waals surface area contributed by atoms with Crippen molar-refractivity contribution in [2.75, 3.05) is 5.32 Å². The van der Waals surface area contributed by atoms with Gasteiger partial charge < -0.3 is 5.32 Å². The molecule has 3 N–H and O–H groups in total. The minimum Gasteiger partial charge on any atom is -0.365 e. The quantitative estimate of drug-likeness (QED) is 0.664. The first kappa shape index (κ1) is 16.6. The molecule has 24 heavy (non-hydrogen) atoms. The molecule has 126 valence electrons. The minimum atomic E-state index is -3.69. The van der Waals surface area contributed by atoms with Crippen LogP contribution in [-0.2, 0) is 23.1 Å². The van der Waals surface area contributed by atoms with E-state index in [4.69, 9.17) is 16.7 Å². The van der Waals surface area contributed by atoms with Gasteiger partial charge >= 0.3 is 0 Å². The van der Waals surface area contributed by atoms with Crippen LogP contribution in [0.25, 0.3) is 11.0 Å². The van der Waals surface area contributed by atoms with Crippen LogP contribution in [0, 0.1) is 0 Å². The smallest absolute Gasteiger partial charge is 0.238 e. The maximum absolute atomic E-state index is 11.3. The molecule has 10 heteroatoms. The van der Waals surface area contributed by atoms with Gasteiger partial charge in [-0.25, -0.2) is 18.2 Å². The summed E-state index contributed by atoms with van der Waals surface area (Å²) in [6.07, 6.45) is 1.68. The Morgan fingerprint density at radius 2 is 1.96 bits per heavy atom. The van der Waals surface area contributed by atoms with Crippen LogP contribution in [0.15, 0.2) is 35.4 Å². The number of rotatable bonds is 5. The van der Waals surface area contributed by atoms with Crippen molar-refractivity contribution in [3.8, 4) is 0 Å². The number of nitrogens with one attached hydrogen (secondary N) is 1. The highest BCUT2D eigenvalue weighted by atomic mass is 35.5. The van der Waals surface area contributed by atoms with E-state index in [1.54, 1.807) is 23.0 Å². The normalized spacial score (nSPS) is 11.8. The highest BCUT2D eigenvalue weighted by Gasteiger charge is 2.12. The van der Waals surface area contributed by atoms with Gasteiger partial charge in [0.1, 0.15) is 5.82 Å². The van der Waals surface area contributed by atoms with Crippen LogP contribution in [0.2, 0.25) is 5.28 Å². The molecule has 0 aliphatic carbocycles. The molecule has 0 spiro atoms. The topological polar surface area (TPSA) is 116 Å². The molecule has 0 unspecified atom stereocenters. The first-order valence-corrected chi connectivity index (χ1v) is 9.05. The molecule has 0 amide bonds. The molecule has 0 radical (unpaired) electrons. The average molecular weight is 367 g/mol. The predicted molar refractivity (Wildman–Crippen MR) is 91.1 cm³/mol. The lowest BCUT2D eigenvalue weighted by Crippen LogP contribution is -2.12. The molecule has 0 saturated heterocycles. The molecule has 0 aliphatic heterocycles. The summed E-state index contributed by atoms with van der Waals surface area (Å²) in [6, 6.07) is 6.29. The van der Waals surface area contributed by atoms with Crippen molar-refractivity contribution in [2.45, 2.75) is 24.9 Å². The fourth-order valence-corrected chi connectivity index (χ4v) is 2.96. The second-order valence-corrected chi connectivity index (χ2v) is 6.98. The van der Waals surface area contributed by atoms with Gasteiger partial charge in [0.15, 0.2) is 5.65 Å². The Hall–Kier alpha value is -2.23. The van der Waals surface area contributed by atoms with E-state index in [0.29, 0.717) is 24.6 Å². The van der Waals surface area contributed by atoms with Gasteiger partial charge in [-0.1, -0.05) is 12.1 Å². The summed E-state index contributed by atoms with van der Waals surface area (Å²) in [5.74, 6) is 0.570. The van der Waals surface area contributed by atoms with Crippen molar-refractivity contribution in [1.82, 2.24) is 19.7 Å². The largest absolute Gasteiger partial charge is 0.365 e. The fourth-order valence-electron chi connectivity index (χ4n) is 2.28. The second kappa shape index (κ2) is 6.34. The third-order valence-electron chi connectivity index (χ3n) is 3.48. The van der Waals surface area contributed by atoms with Crippen molar-refractivity contribution in [3.63, 3.8) is 0 Å². The molecule has 2 heterocycles. The average Bonchev–Trinajstić information content (AvgIpc) is 2.95. The molecule has 0 fully saturated rings. The van der Waals surface area contributed by atoms with Crippen molar-refractivity contribution in [3.05, 3.63) is 41.3 Å². The molecule has 0 bridgehead atoms. The third kappa shape index (κ3) is 3.32. The van der Waals surface area contributed by atoms with Crippen LogP contribution in [0.4, 0.5) is 5.82 Å². The third-order valence-corrected chi connectivity index (χ3v) is 4.58. The number of hydrogen-bond donors (Lipinski definition) is 2. The Morgan fingerprint density at radius 1 is 1.25 bits per heavy atom. The van der Waals surface area contributed by atoms with Crippen LogP contribution >= 0.6 is 11.6 Å². The number of primary sulfonamides is 1. The summed E-state index contributed by atoms with van der Waals surface area (Å²) in [4.78, 5) is 8.46. The molecule has 8 nitrogen and oxygen atoms in total. The van der Waals surface area contributed by atoms with E-state index in [1.165, 1.54) is 12.1 Å². The summed E-state index contributed by atoms with van der Waals surface area (Å²) < 4.78 is 24.3. The van der Waals surface area contributed by atoms with Gasteiger partial charge in [0.05, 0.1) is 16.5 Å². The molecule has 0 aliphatic rings. The maximum Gasteiger partial charge on any atom is 0.238 e. The number of aromatic nitrogens is 4. The summed E-state index contributed by atoms with van der Waals surface area (Å²) >= 11 is 5.98. The highest BCUT2D eigenvalue weighted by Crippen LogP contribution is 2.22. The molecule has 0 atom stereocenters. The number of aryl methyl sites for hydroxylation is 1. The number of sulfonamides is 1. The van der Waals surface area contributed by atoms with Crippen LogP contribution in [0.3, 0.4) is 0 Å². The Balaban J connectivity index is 1.84. The van der Waals surface area contributed by atoms with Gasteiger partial charge in [-0.15, -0.1) is 0 Å². The number of nitrogens with two attached hydrogens (primary N) is 1. The summed E-state index contributed by atoms with van der Waals surface area (Å²) in [6.45, 7) is 3.07. The van der Waals surface area contributed by atoms with E-state index in [-0.39, 0.29) is 10.2 Å². The van der Waals surface area contributed by atoms with Crippen molar-refractivity contribution in [2.24, 2.45) is 5.14 Å². The fraction of sp³-hybridized carbons (Fsp3) is 0.214. The van der Waals surface area contributed by atoms with E-state index >= 15 is 0 Å². The highest BCUT2D eigenvalue weighted by molar-refractivity contribution is 7.89.